The standard InChI is InChI=1S/C16H15F3N2O4S2/c1-3-21(26-14-7-5-11(9-20-14)16(17,18)19)27(24,25)12-6-4-10(2)13(8-12)15(22)23/h4-9H,3H2,1-2H3,(H,22,23). The molecule has 0 atom stereocenters. The Labute approximate surface area is 158 Å². The van der Waals surface area contributed by atoms with Gasteiger partial charge in [-0.2, -0.15) is 13.2 Å². The molecule has 1 aromatic heterocycles. The Morgan fingerprint density at radius 3 is 2.41 bits per heavy atom. The van der Waals surface area contributed by atoms with Gasteiger partial charge in [0.05, 0.1) is 16.0 Å². The quantitative estimate of drug-likeness (QED) is 0.715. The summed E-state index contributed by atoms with van der Waals surface area (Å²) < 4.78 is 64.3. The number of carbonyl (C=O) groups is 1. The van der Waals surface area contributed by atoms with Gasteiger partial charge in [-0.3, -0.25) is 0 Å². The Morgan fingerprint density at radius 2 is 1.93 bits per heavy atom. The minimum absolute atomic E-state index is 0.00795. The van der Waals surface area contributed by atoms with Crippen LogP contribution in [0, 0.1) is 6.92 Å². The number of alkyl halides is 3. The smallest absolute Gasteiger partial charge is 0.417 e. The second-order valence-electron chi connectivity index (χ2n) is 5.38. The maximum absolute atomic E-state index is 12.8. The van der Waals surface area contributed by atoms with Crippen LogP contribution in [0.3, 0.4) is 0 Å². The van der Waals surface area contributed by atoms with Crippen molar-refractivity contribution >= 4 is 27.9 Å². The molecule has 0 spiro atoms. The topological polar surface area (TPSA) is 87.6 Å². The third kappa shape index (κ3) is 4.79. The van der Waals surface area contributed by atoms with Crippen LogP contribution in [-0.4, -0.2) is 34.7 Å². The molecule has 146 valence electrons. The van der Waals surface area contributed by atoms with Crippen molar-refractivity contribution in [1.82, 2.24) is 8.69 Å². The average molecular weight is 420 g/mol. The molecule has 27 heavy (non-hydrogen) atoms. The highest BCUT2D eigenvalue weighted by Crippen LogP contribution is 2.32. The molecule has 0 aliphatic carbocycles. The molecular formula is C16H15F3N2O4S2. The fourth-order valence-corrected chi connectivity index (χ4v) is 4.63. The van der Waals surface area contributed by atoms with Gasteiger partial charge in [0, 0.05) is 12.7 Å². The van der Waals surface area contributed by atoms with E-state index in [-0.39, 0.29) is 22.0 Å². The summed E-state index contributed by atoms with van der Waals surface area (Å²) in [6.07, 6.45) is -3.92. The molecule has 6 nitrogen and oxygen atoms in total. The lowest BCUT2D eigenvalue weighted by atomic mass is 10.1. The van der Waals surface area contributed by atoms with Crippen LogP contribution in [0.25, 0.3) is 0 Å². The van der Waals surface area contributed by atoms with E-state index in [2.05, 4.69) is 4.98 Å². The maximum atomic E-state index is 12.8. The van der Waals surface area contributed by atoms with E-state index in [1.165, 1.54) is 19.1 Å². The van der Waals surface area contributed by atoms with Gasteiger partial charge >= 0.3 is 12.1 Å². The molecule has 0 saturated carbocycles. The van der Waals surface area contributed by atoms with Crippen LogP contribution in [0.5, 0.6) is 0 Å². The molecular weight excluding hydrogens is 405 g/mol. The van der Waals surface area contributed by atoms with Gasteiger partial charge in [0.25, 0.3) is 10.0 Å². The highest BCUT2D eigenvalue weighted by molar-refractivity contribution is 8.08. The molecule has 0 amide bonds. The van der Waals surface area contributed by atoms with E-state index < -0.39 is 27.7 Å². The number of sulfonamides is 1. The predicted molar refractivity (Wildman–Crippen MR) is 92.8 cm³/mol. The molecule has 0 aliphatic rings. The molecule has 0 radical (unpaired) electrons. The lowest BCUT2D eigenvalue weighted by Crippen LogP contribution is -2.25. The van der Waals surface area contributed by atoms with E-state index in [4.69, 9.17) is 5.11 Å². The monoisotopic (exact) mass is 420 g/mol. The van der Waals surface area contributed by atoms with E-state index in [0.29, 0.717) is 23.7 Å². The molecule has 0 aliphatic heterocycles. The van der Waals surface area contributed by atoms with Gasteiger partial charge in [0.15, 0.2) is 0 Å². The van der Waals surface area contributed by atoms with E-state index in [1.807, 2.05) is 0 Å². The Morgan fingerprint density at radius 1 is 1.26 bits per heavy atom. The number of pyridine rings is 1. The van der Waals surface area contributed by atoms with Crippen molar-refractivity contribution in [2.45, 2.75) is 29.9 Å². The van der Waals surface area contributed by atoms with E-state index in [1.54, 1.807) is 6.92 Å². The zero-order valence-electron chi connectivity index (χ0n) is 14.2. The number of aryl methyl sites for hydroxylation is 1. The van der Waals surface area contributed by atoms with Crippen molar-refractivity contribution in [2.75, 3.05) is 6.54 Å². The summed E-state index contributed by atoms with van der Waals surface area (Å²) in [7, 11) is -4.09. The van der Waals surface area contributed by atoms with E-state index in [9.17, 15) is 26.4 Å². The number of nitrogens with zero attached hydrogens (tertiary/aromatic N) is 2. The summed E-state index contributed by atoms with van der Waals surface area (Å²) in [6.45, 7) is 3.07. The van der Waals surface area contributed by atoms with Crippen molar-refractivity contribution in [1.29, 1.82) is 0 Å². The third-order valence-electron chi connectivity index (χ3n) is 3.52. The second-order valence-corrected chi connectivity index (χ2v) is 8.52. The van der Waals surface area contributed by atoms with Gasteiger partial charge in [-0.15, -0.1) is 3.71 Å². The van der Waals surface area contributed by atoms with E-state index >= 15 is 0 Å². The van der Waals surface area contributed by atoms with Crippen molar-refractivity contribution in [2.24, 2.45) is 0 Å². The van der Waals surface area contributed by atoms with E-state index in [0.717, 1.165) is 21.9 Å². The first-order valence-electron chi connectivity index (χ1n) is 7.54. The molecule has 0 unspecified atom stereocenters. The number of halogens is 3. The van der Waals surface area contributed by atoms with Crippen molar-refractivity contribution in [3.63, 3.8) is 0 Å². The summed E-state index contributed by atoms with van der Waals surface area (Å²) in [5.74, 6) is -1.26. The zero-order valence-corrected chi connectivity index (χ0v) is 15.8. The highest BCUT2D eigenvalue weighted by Gasteiger charge is 2.31. The number of rotatable bonds is 6. The van der Waals surface area contributed by atoms with Gasteiger partial charge < -0.3 is 5.11 Å². The molecule has 1 N–H and O–H groups in total. The number of hydrogen-bond acceptors (Lipinski definition) is 5. The van der Waals surface area contributed by atoms with Crippen LogP contribution < -0.4 is 0 Å². The second kappa shape index (κ2) is 7.87. The van der Waals surface area contributed by atoms with Gasteiger partial charge in [-0.1, -0.05) is 13.0 Å². The average Bonchev–Trinajstić information content (AvgIpc) is 2.59. The lowest BCUT2D eigenvalue weighted by Gasteiger charge is -2.19. The molecule has 0 bridgehead atoms. The molecule has 2 rings (SSSR count). The van der Waals surface area contributed by atoms with Gasteiger partial charge in [-0.25, -0.2) is 18.2 Å². The van der Waals surface area contributed by atoms with Gasteiger partial charge in [0.1, 0.15) is 5.03 Å². The van der Waals surface area contributed by atoms with Crippen LogP contribution in [0.4, 0.5) is 13.2 Å². The summed E-state index contributed by atoms with van der Waals surface area (Å²) in [4.78, 5) is 14.6. The SMILES string of the molecule is CCN(Sc1ccc(C(F)(F)F)cn1)S(=O)(=O)c1ccc(C)c(C(=O)O)c1. The minimum Gasteiger partial charge on any atom is -0.478 e. The van der Waals surface area contributed by atoms with Crippen LogP contribution >= 0.6 is 11.9 Å². The van der Waals surface area contributed by atoms with Crippen molar-refractivity contribution in [3.05, 3.63) is 53.2 Å². The lowest BCUT2D eigenvalue weighted by molar-refractivity contribution is -0.137. The normalized spacial score (nSPS) is 12.4. The maximum Gasteiger partial charge on any atom is 0.417 e. The van der Waals surface area contributed by atoms with Gasteiger partial charge in [0.2, 0.25) is 0 Å². The Balaban J connectivity index is 2.33. The van der Waals surface area contributed by atoms with Crippen LogP contribution in [0.2, 0.25) is 0 Å². The summed E-state index contributed by atoms with van der Waals surface area (Å²) in [5, 5.41) is 9.22. The molecule has 0 fully saturated rings. The molecule has 0 saturated heterocycles. The number of hydrogen-bond donors (Lipinski definition) is 1. The largest absolute Gasteiger partial charge is 0.478 e. The number of aromatic carboxylic acids is 1. The minimum atomic E-state index is -4.54. The molecule has 2 aromatic rings. The predicted octanol–water partition coefficient (Wildman–Crippen LogP) is 3.82. The van der Waals surface area contributed by atoms with Crippen LogP contribution in [0.1, 0.15) is 28.4 Å². The Kier molecular flexibility index (Phi) is 6.17. The molecule has 1 aromatic carbocycles. The van der Waals surface area contributed by atoms with Gasteiger partial charge in [-0.05, 0) is 48.7 Å². The Bertz CT molecular complexity index is 945. The Hall–Kier alpha value is -2.11. The summed E-state index contributed by atoms with van der Waals surface area (Å²) in [6, 6.07) is 5.59. The first-order valence-corrected chi connectivity index (χ1v) is 9.76. The fourth-order valence-electron chi connectivity index (χ4n) is 2.10. The number of benzene rings is 1. The fraction of sp³-hybridized carbons (Fsp3) is 0.250. The first kappa shape index (κ1) is 21.2. The number of carboxylic acid groups (broad SMARTS) is 1. The summed E-state index contributed by atoms with van der Waals surface area (Å²) >= 11 is 0.648. The number of aromatic nitrogens is 1. The zero-order chi connectivity index (χ0) is 20.4. The molecule has 11 heteroatoms. The van der Waals surface area contributed by atoms with Crippen molar-refractivity contribution < 1.29 is 31.5 Å². The first-order chi connectivity index (χ1) is 12.5. The molecule has 1 heterocycles. The summed E-state index contributed by atoms with van der Waals surface area (Å²) in [5.41, 5.74) is -0.686. The van der Waals surface area contributed by atoms with Crippen molar-refractivity contribution in [3.8, 4) is 0 Å². The highest BCUT2D eigenvalue weighted by atomic mass is 32.3. The van der Waals surface area contributed by atoms with Crippen LogP contribution in [-0.2, 0) is 16.2 Å². The van der Waals surface area contributed by atoms with Crippen LogP contribution in [0.15, 0.2) is 46.5 Å². The third-order valence-corrected chi connectivity index (χ3v) is 6.87. The number of carboxylic acids is 1.